The van der Waals surface area contributed by atoms with E-state index in [1.807, 2.05) is 0 Å². The van der Waals surface area contributed by atoms with Crippen LogP contribution >= 0.6 is 12.4 Å². The van der Waals surface area contributed by atoms with Gasteiger partial charge in [-0.25, -0.2) is 0 Å². The summed E-state index contributed by atoms with van der Waals surface area (Å²) in [5.41, 5.74) is 5.88. The minimum atomic E-state index is -3.31. The molecule has 0 spiro atoms. The zero-order valence-electron chi connectivity index (χ0n) is 11.6. The molecule has 0 bridgehead atoms. The van der Waals surface area contributed by atoms with E-state index in [0.717, 1.165) is 38.5 Å². The van der Waals surface area contributed by atoms with Gasteiger partial charge in [-0.2, -0.15) is 17.0 Å². The molecule has 0 aromatic heterocycles. The highest BCUT2D eigenvalue weighted by Gasteiger charge is 2.34. The molecule has 1 atom stereocenters. The topological polar surface area (TPSA) is 66.6 Å². The van der Waals surface area contributed by atoms with Gasteiger partial charge in [0.1, 0.15) is 0 Å². The highest BCUT2D eigenvalue weighted by molar-refractivity contribution is 7.86. The van der Waals surface area contributed by atoms with E-state index in [4.69, 9.17) is 5.73 Å². The lowest BCUT2D eigenvalue weighted by Crippen LogP contribution is -2.52. The summed E-state index contributed by atoms with van der Waals surface area (Å²) in [4.78, 5) is 0. The largest absolute Gasteiger partial charge is 0.327 e. The molecule has 1 aliphatic heterocycles. The van der Waals surface area contributed by atoms with Crippen molar-refractivity contribution in [3.63, 3.8) is 0 Å². The minimum Gasteiger partial charge on any atom is -0.327 e. The monoisotopic (exact) mass is 311 g/mol. The molecular formula is C12H26ClN3O2S. The number of nitrogens with two attached hydrogens (primary N) is 1. The lowest BCUT2D eigenvalue weighted by atomic mass is 9.96. The first-order valence-electron chi connectivity index (χ1n) is 7.00. The van der Waals surface area contributed by atoms with Gasteiger partial charge in [0, 0.05) is 32.2 Å². The fourth-order valence-electron chi connectivity index (χ4n) is 3.00. The second kappa shape index (κ2) is 7.22. The van der Waals surface area contributed by atoms with Crippen molar-refractivity contribution in [2.75, 3.05) is 20.1 Å². The van der Waals surface area contributed by atoms with Crippen LogP contribution in [-0.4, -0.2) is 49.2 Å². The van der Waals surface area contributed by atoms with Gasteiger partial charge in [0.2, 0.25) is 0 Å². The van der Waals surface area contributed by atoms with Gasteiger partial charge in [0.15, 0.2) is 0 Å². The van der Waals surface area contributed by atoms with Crippen LogP contribution in [0.5, 0.6) is 0 Å². The molecule has 1 saturated carbocycles. The van der Waals surface area contributed by atoms with Crippen LogP contribution in [0.25, 0.3) is 0 Å². The highest BCUT2D eigenvalue weighted by Crippen LogP contribution is 2.25. The predicted molar refractivity (Wildman–Crippen MR) is 79.6 cm³/mol. The second-order valence-electron chi connectivity index (χ2n) is 5.58. The summed E-state index contributed by atoms with van der Waals surface area (Å²) in [7, 11) is -1.58. The molecule has 114 valence electrons. The van der Waals surface area contributed by atoms with E-state index in [1.54, 1.807) is 15.7 Å². The molecule has 0 aromatic carbocycles. The fraction of sp³-hybridized carbons (Fsp3) is 1.00. The minimum absolute atomic E-state index is 0. The van der Waals surface area contributed by atoms with E-state index in [-0.39, 0.29) is 24.5 Å². The van der Waals surface area contributed by atoms with E-state index >= 15 is 0 Å². The summed E-state index contributed by atoms with van der Waals surface area (Å²) in [5, 5.41) is 0. The summed E-state index contributed by atoms with van der Waals surface area (Å²) >= 11 is 0. The molecule has 2 rings (SSSR count). The molecule has 0 amide bonds. The zero-order chi connectivity index (χ0) is 13.2. The van der Waals surface area contributed by atoms with Crippen molar-refractivity contribution in [3.05, 3.63) is 0 Å². The first kappa shape index (κ1) is 17.2. The molecule has 0 aromatic rings. The molecule has 0 unspecified atom stereocenters. The van der Waals surface area contributed by atoms with E-state index < -0.39 is 10.2 Å². The molecule has 1 saturated heterocycles. The maximum atomic E-state index is 12.5. The van der Waals surface area contributed by atoms with Gasteiger partial charge in [0.05, 0.1) is 0 Å². The number of rotatable bonds is 3. The smallest absolute Gasteiger partial charge is 0.282 e. The Morgan fingerprint density at radius 1 is 1.11 bits per heavy atom. The van der Waals surface area contributed by atoms with Crippen molar-refractivity contribution in [1.82, 2.24) is 8.61 Å². The van der Waals surface area contributed by atoms with Crippen LogP contribution in [0.2, 0.25) is 0 Å². The van der Waals surface area contributed by atoms with Gasteiger partial charge in [-0.1, -0.05) is 19.3 Å². The first-order chi connectivity index (χ1) is 8.51. The number of piperidine rings is 1. The molecule has 0 radical (unpaired) electrons. The van der Waals surface area contributed by atoms with Crippen LogP contribution in [0.1, 0.15) is 44.9 Å². The molecule has 19 heavy (non-hydrogen) atoms. The van der Waals surface area contributed by atoms with E-state index in [2.05, 4.69) is 0 Å². The number of hydrogen-bond donors (Lipinski definition) is 1. The lowest BCUT2D eigenvalue weighted by Gasteiger charge is -2.37. The van der Waals surface area contributed by atoms with Gasteiger partial charge in [0.25, 0.3) is 10.2 Å². The van der Waals surface area contributed by atoms with Gasteiger partial charge < -0.3 is 5.73 Å². The Morgan fingerprint density at radius 3 is 2.32 bits per heavy atom. The van der Waals surface area contributed by atoms with Crippen molar-refractivity contribution in [2.24, 2.45) is 5.73 Å². The van der Waals surface area contributed by atoms with Crippen LogP contribution in [0.15, 0.2) is 0 Å². The van der Waals surface area contributed by atoms with Crippen molar-refractivity contribution in [3.8, 4) is 0 Å². The molecular weight excluding hydrogens is 286 g/mol. The van der Waals surface area contributed by atoms with Gasteiger partial charge in [-0.3, -0.25) is 0 Å². The summed E-state index contributed by atoms with van der Waals surface area (Å²) in [5.74, 6) is 0. The zero-order valence-corrected chi connectivity index (χ0v) is 13.3. The van der Waals surface area contributed by atoms with Crippen LogP contribution in [0.4, 0.5) is 0 Å². The third kappa shape index (κ3) is 4.04. The quantitative estimate of drug-likeness (QED) is 0.855. The normalized spacial score (nSPS) is 27.2. The molecule has 7 heteroatoms. The van der Waals surface area contributed by atoms with Crippen molar-refractivity contribution in [1.29, 1.82) is 0 Å². The van der Waals surface area contributed by atoms with Gasteiger partial charge >= 0.3 is 0 Å². The van der Waals surface area contributed by atoms with Gasteiger partial charge in [-0.05, 0) is 25.7 Å². The van der Waals surface area contributed by atoms with Crippen molar-refractivity contribution < 1.29 is 8.42 Å². The second-order valence-corrected chi connectivity index (χ2v) is 7.56. The third-order valence-corrected chi connectivity index (χ3v) is 6.21. The Kier molecular flexibility index (Phi) is 6.53. The maximum Gasteiger partial charge on any atom is 0.282 e. The molecule has 2 aliphatic rings. The van der Waals surface area contributed by atoms with Crippen molar-refractivity contribution >= 4 is 22.6 Å². The van der Waals surface area contributed by atoms with Crippen molar-refractivity contribution in [2.45, 2.75) is 57.0 Å². The van der Waals surface area contributed by atoms with Crippen LogP contribution in [-0.2, 0) is 10.2 Å². The van der Waals surface area contributed by atoms with E-state index in [9.17, 15) is 8.42 Å². The third-order valence-electron chi connectivity index (χ3n) is 4.20. The van der Waals surface area contributed by atoms with Crippen LogP contribution in [0.3, 0.4) is 0 Å². The average Bonchev–Trinajstić information content (AvgIpc) is 2.39. The number of halogens is 1. The summed E-state index contributed by atoms with van der Waals surface area (Å²) in [6.45, 7) is 1.09. The Balaban J connectivity index is 0.00000180. The summed E-state index contributed by atoms with van der Waals surface area (Å²) in [6, 6.07) is 0.176. The number of nitrogens with zero attached hydrogens (tertiary/aromatic N) is 2. The standard InChI is InChI=1S/C12H25N3O2S.ClH/c1-14(12-7-3-2-4-8-12)18(16,17)15-9-5-6-11(13)10-15;/h11-12H,2-10,13H2,1H3;1H/t11-;/m1./s1. The molecule has 1 aliphatic carbocycles. The van der Waals surface area contributed by atoms with Gasteiger partial charge in [-0.15, -0.1) is 12.4 Å². The van der Waals surface area contributed by atoms with Crippen LogP contribution < -0.4 is 5.73 Å². The van der Waals surface area contributed by atoms with E-state index in [0.29, 0.717) is 13.1 Å². The maximum absolute atomic E-state index is 12.5. The molecule has 1 heterocycles. The first-order valence-corrected chi connectivity index (χ1v) is 8.40. The molecule has 5 nitrogen and oxygen atoms in total. The average molecular weight is 312 g/mol. The van der Waals surface area contributed by atoms with E-state index in [1.165, 1.54) is 6.42 Å². The lowest BCUT2D eigenvalue weighted by molar-refractivity contribution is 0.245. The summed E-state index contributed by atoms with van der Waals surface area (Å²) in [6.07, 6.45) is 7.32. The molecule has 2 N–H and O–H groups in total. The fourth-order valence-corrected chi connectivity index (χ4v) is 4.69. The Morgan fingerprint density at radius 2 is 1.74 bits per heavy atom. The summed E-state index contributed by atoms with van der Waals surface area (Å²) < 4.78 is 28.2. The SMILES string of the molecule is CN(C1CCCCC1)S(=O)(=O)N1CCC[C@@H](N)C1.Cl. The Bertz CT molecular complexity index is 371. The predicted octanol–water partition coefficient (Wildman–Crippen LogP) is 1.34. The Labute approximate surface area is 123 Å². The Hall–Kier alpha value is 0.120. The highest BCUT2D eigenvalue weighted by atomic mass is 35.5. The van der Waals surface area contributed by atoms with Crippen LogP contribution in [0, 0.1) is 0 Å². The molecule has 2 fully saturated rings. The number of hydrogen-bond acceptors (Lipinski definition) is 3.